The van der Waals surface area contributed by atoms with Crippen molar-refractivity contribution in [1.29, 1.82) is 0 Å². The molecule has 23 heavy (non-hydrogen) atoms. The van der Waals surface area contributed by atoms with E-state index < -0.39 is 5.97 Å². The van der Waals surface area contributed by atoms with Crippen LogP contribution in [0.5, 0.6) is 11.5 Å². The number of benzene rings is 2. The van der Waals surface area contributed by atoms with E-state index in [1.165, 1.54) is 0 Å². The molecule has 0 atom stereocenters. The Morgan fingerprint density at radius 3 is 2.83 bits per heavy atom. The number of anilines is 1. The minimum Gasteiger partial charge on any atom is -0.461 e. The van der Waals surface area contributed by atoms with Gasteiger partial charge in [0.15, 0.2) is 0 Å². The van der Waals surface area contributed by atoms with Gasteiger partial charge >= 0.3 is 5.97 Å². The first-order chi connectivity index (χ1) is 11.2. The lowest BCUT2D eigenvalue weighted by atomic mass is 10.3. The van der Waals surface area contributed by atoms with Gasteiger partial charge in [0.05, 0.1) is 22.1 Å². The van der Waals surface area contributed by atoms with Crippen molar-refractivity contribution in [2.75, 3.05) is 12.0 Å². The van der Waals surface area contributed by atoms with E-state index in [-0.39, 0.29) is 5.71 Å². The lowest BCUT2D eigenvalue weighted by molar-refractivity contribution is -0.135. The summed E-state index contributed by atoms with van der Waals surface area (Å²) in [7, 11) is 0. The third-order valence-electron chi connectivity index (χ3n) is 3.16. The van der Waals surface area contributed by atoms with Crippen molar-refractivity contribution in [2.45, 2.75) is 23.6 Å². The molecule has 6 heteroatoms. The van der Waals surface area contributed by atoms with Gasteiger partial charge in [0.25, 0.3) is 0 Å². The van der Waals surface area contributed by atoms with Crippen LogP contribution < -0.4 is 10.2 Å². The van der Waals surface area contributed by atoms with Crippen molar-refractivity contribution < 1.29 is 14.3 Å². The fourth-order valence-corrected chi connectivity index (χ4v) is 3.02. The second-order valence-electron chi connectivity index (χ2n) is 4.84. The monoisotopic (exact) mass is 328 g/mol. The molecule has 0 saturated heterocycles. The van der Waals surface area contributed by atoms with Crippen molar-refractivity contribution in [2.24, 2.45) is 5.10 Å². The van der Waals surface area contributed by atoms with E-state index in [4.69, 9.17) is 9.47 Å². The minimum absolute atomic E-state index is 0.277. The Balaban J connectivity index is 1.75. The Morgan fingerprint density at radius 1 is 1.22 bits per heavy atom. The van der Waals surface area contributed by atoms with E-state index in [1.807, 2.05) is 42.5 Å². The third kappa shape index (κ3) is 3.48. The smallest absolute Gasteiger partial charge is 0.354 e. The molecule has 5 nitrogen and oxygen atoms in total. The Kier molecular flexibility index (Phi) is 4.52. The van der Waals surface area contributed by atoms with E-state index in [2.05, 4.69) is 10.5 Å². The molecule has 1 aliphatic rings. The molecule has 0 radical (unpaired) electrons. The van der Waals surface area contributed by atoms with E-state index >= 15 is 0 Å². The summed E-state index contributed by atoms with van der Waals surface area (Å²) in [6.07, 6.45) is 0. The number of fused-ring (bicyclic) bond motifs is 2. The molecule has 0 aliphatic carbocycles. The average molecular weight is 328 g/mol. The number of hydrogen-bond donors (Lipinski definition) is 1. The summed E-state index contributed by atoms with van der Waals surface area (Å²) in [5, 5.41) is 4.05. The second kappa shape index (κ2) is 6.75. The Bertz CT molecular complexity index is 774. The van der Waals surface area contributed by atoms with E-state index in [9.17, 15) is 4.79 Å². The molecule has 0 unspecified atom stereocenters. The summed E-state index contributed by atoms with van der Waals surface area (Å²) in [6.45, 7) is 3.70. The zero-order valence-electron chi connectivity index (χ0n) is 12.8. The SMILES string of the molecule is CCOC(=O)/C(C)=N/Nc1ccc2c(c1)Sc1ccccc1O2. The lowest BCUT2D eigenvalue weighted by Gasteiger charge is -2.19. The summed E-state index contributed by atoms with van der Waals surface area (Å²) in [4.78, 5) is 13.6. The number of ether oxygens (including phenoxy) is 2. The highest BCUT2D eigenvalue weighted by molar-refractivity contribution is 7.99. The summed E-state index contributed by atoms with van der Waals surface area (Å²) in [5.41, 5.74) is 3.93. The highest BCUT2D eigenvalue weighted by Gasteiger charge is 2.17. The van der Waals surface area contributed by atoms with Gasteiger partial charge in [0, 0.05) is 0 Å². The topological polar surface area (TPSA) is 59.9 Å². The number of carbonyl (C=O) groups excluding carboxylic acids is 1. The van der Waals surface area contributed by atoms with Crippen molar-refractivity contribution in [1.82, 2.24) is 0 Å². The molecule has 118 valence electrons. The molecule has 3 rings (SSSR count). The fourth-order valence-electron chi connectivity index (χ4n) is 2.03. The lowest BCUT2D eigenvalue weighted by Crippen LogP contribution is -2.15. The Morgan fingerprint density at radius 2 is 2.00 bits per heavy atom. The van der Waals surface area contributed by atoms with Crippen LogP contribution in [-0.2, 0) is 9.53 Å². The zero-order valence-corrected chi connectivity index (χ0v) is 13.6. The van der Waals surface area contributed by atoms with Gasteiger partial charge in [-0.15, -0.1) is 0 Å². The number of hydrazone groups is 1. The van der Waals surface area contributed by atoms with Crippen LogP contribution >= 0.6 is 11.8 Å². The number of esters is 1. The average Bonchev–Trinajstić information content (AvgIpc) is 2.57. The van der Waals surface area contributed by atoms with Crippen LogP contribution in [0.4, 0.5) is 5.69 Å². The maximum absolute atomic E-state index is 11.5. The number of nitrogens with zero attached hydrogens (tertiary/aromatic N) is 1. The second-order valence-corrected chi connectivity index (χ2v) is 5.93. The molecule has 0 bridgehead atoms. The van der Waals surface area contributed by atoms with Crippen LogP contribution in [0.25, 0.3) is 0 Å². The molecule has 0 aromatic heterocycles. The predicted molar refractivity (Wildman–Crippen MR) is 90.4 cm³/mol. The largest absolute Gasteiger partial charge is 0.461 e. The summed E-state index contributed by atoms with van der Waals surface area (Å²) >= 11 is 1.64. The molecule has 1 aliphatic heterocycles. The molecule has 1 heterocycles. The quantitative estimate of drug-likeness (QED) is 0.440. The van der Waals surface area contributed by atoms with Crippen molar-refractivity contribution in [3.8, 4) is 11.5 Å². The normalized spacial score (nSPS) is 12.7. The molecule has 1 N–H and O–H groups in total. The number of carbonyl (C=O) groups is 1. The molecule has 2 aromatic carbocycles. The van der Waals surface area contributed by atoms with Gasteiger partial charge in [-0.25, -0.2) is 4.79 Å². The molecule has 0 saturated carbocycles. The summed E-state index contributed by atoms with van der Waals surface area (Å²) in [5.74, 6) is 1.25. The van der Waals surface area contributed by atoms with Crippen LogP contribution in [0.2, 0.25) is 0 Å². The van der Waals surface area contributed by atoms with Gasteiger partial charge < -0.3 is 9.47 Å². The predicted octanol–water partition coefficient (Wildman–Crippen LogP) is 4.29. The van der Waals surface area contributed by atoms with Crippen molar-refractivity contribution >= 4 is 29.1 Å². The summed E-state index contributed by atoms with van der Waals surface area (Å²) < 4.78 is 10.8. The molecular formula is C17H16N2O3S. The van der Waals surface area contributed by atoms with Gasteiger partial charge in [-0.3, -0.25) is 5.43 Å². The molecule has 0 fully saturated rings. The highest BCUT2D eigenvalue weighted by atomic mass is 32.2. The van der Waals surface area contributed by atoms with Crippen molar-refractivity contribution in [3.05, 3.63) is 42.5 Å². The first-order valence-corrected chi connectivity index (χ1v) is 8.05. The van der Waals surface area contributed by atoms with Gasteiger partial charge in [-0.1, -0.05) is 23.9 Å². The van der Waals surface area contributed by atoms with Crippen molar-refractivity contribution in [3.63, 3.8) is 0 Å². The van der Waals surface area contributed by atoms with E-state index in [0.29, 0.717) is 6.61 Å². The van der Waals surface area contributed by atoms with Gasteiger partial charge in [-0.05, 0) is 44.2 Å². The van der Waals surface area contributed by atoms with E-state index in [1.54, 1.807) is 25.6 Å². The number of para-hydroxylation sites is 1. The molecule has 0 amide bonds. The third-order valence-corrected chi connectivity index (χ3v) is 4.25. The van der Waals surface area contributed by atoms with Crippen LogP contribution in [0, 0.1) is 0 Å². The Hall–Kier alpha value is -2.47. The molecular weight excluding hydrogens is 312 g/mol. The van der Waals surface area contributed by atoms with Crippen LogP contribution in [-0.4, -0.2) is 18.3 Å². The standard InChI is InChI=1S/C17H16N2O3S/c1-3-21-17(20)11(2)18-19-12-8-9-14-16(10-12)23-15-7-5-4-6-13(15)22-14/h4-10,19H,3H2,1-2H3/b18-11+. The van der Waals surface area contributed by atoms with Crippen LogP contribution in [0.1, 0.15) is 13.8 Å². The number of nitrogens with one attached hydrogen (secondary N) is 1. The van der Waals surface area contributed by atoms with Gasteiger partial charge in [0.1, 0.15) is 17.2 Å². The van der Waals surface area contributed by atoms with Crippen LogP contribution in [0.3, 0.4) is 0 Å². The first kappa shape index (κ1) is 15.4. The Labute approximate surface area is 138 Å². The minimum atomic E-state index is -0.426. The molecule has 0 spiro atoms. The maximum atomic E-state index is 11.5. The fraction of sp³-hybridized carbons (Fsp3) is 0.176. The maximum Gasteiger partial charge on any atom is 0.354 e. The summed E-state index contributed by atoms with van der Waals surface area (Å²) in [6, 6.07) is 13.6. The van der Waals surface area contributed by atoms with Gasteiger partial charge in [-0.2, -0.15) is 5.10 Å². The molecule has 2 aromatic rings. The highest BCUT2D eigenvalue weighted by Crippen LogP contribution is 2.47. The number of rotatable bonds is 4. The number of hydrogen-bond acceptors (Lipinski definition) is 6. The zero-order chi connectivity index (χ0) is 16.2. The van der Waals surface area contributed by atoms with Crippen LogP contribution in [0.15, 0.2) is 57.4 Å². The first-order valence-electron chi connectivity index (χ1n) is 7.23. The van der Waals surface area contributed by atoms with E-state index in [0.717, 1.165) is 27.0 Å². The van der Waals surface area contributed by atoms with Gasteiger partial charge in [0.2, 0.25) is 0 Å².